The molecule has 0 amide bonds. The second kappa shape index (κ2) is 8.76. The molecule has 3 aromatic heterocycles. The van der Waals surface area contributed by atoms with Crippen LogP contribution in [0.5, 0.6) is 0 Å². The lowest BCUT2D eigenvalue weighted by atomic mass is 10.2. The van der Waals surface area contributed by atoms with Crippen LogP contribution in [0.4, 0.5) is 5.69 Å². The Morgan fingerprint density at radius 3 is 2.39 bits per heavy atom. The molecule has 0 aliphatic heterocycles. The van der Waals surface area contributed by atoms with Crippen molar-refractivity contribution in [2.75, 3.05) is 0 Å². The summed E-state index contributed by atoms with van der Waals surface area (Å²) in [5, 5.41) is 6.70. The SMILES string of the molecule is Cc1c(N=c2scc(-c3ccccc3)n2N=Cc2ccc[nH]2)c(=O)n(-c2ccccc2)n1C. The van der Waals surface area contributed by atoms with Crippen LogP contribution >= 0.6 is 11.3 Å². The molecule has 0 fully saturated rings. The lowest BCUT2D eigenvalue weighted by Crippen LogP contribution is -2.19. The van der Waals surface area contributed by atoms with Gasteiger partial charge in [0.05, 0.1) is 29.0 Å². The third-order valence-corrected chi connectivity index (χ3v) is 6.24. The fourth-order valence-electron chi connectivity index (χ4n) is 3.62. The number of hydrogen-bond donors (Lipinski definition) is 1. The van der Waals surface area contributed by atoms with Gasteiger partial charge in [-0.2, -0.15) is 5.10 Å². The Morgan fingerprint density at radius 2 is 1.70 bits per heavy atom. The third kappa shape index (κ3) is 3.92. The van der Waals surface area contributed by atoms with Crippen molar-refractivity contribution in [1.82, 2.24) is 19.0 Å². The first kappa shape index (κ1) is 20.7. The van der Waals surface area contributed by atoms with Crippen molar-refractivity contribution >= 4 is 23.2 Å². The number of nitrogens with one attached hydrogen (secondary N) is 1. The van der Waals surface area contributed by atoms with Gasteiger partial charge in [0.15, 0.2) is 5.69 Å². The number of nitrogens with zero attached hydrogens (tertiary/aromatic N) is 5. The zero-order chi connectivity index (χ0) is 22.8. The molecule has 5 rings (SSSR count). The average molecular weight is 455 g/mol. The number of hydrogen-bond acceptors (Lipinski definition) is 4. The second-order valence-electron chi connectivity index (χ2n) is 7.47. The highest BCUT2D eigenvalue weighted by molar-refractivity contribution is 7.07. The quantitative estimate of drug-likeness (QED) is 0.392. The maximum Gasteiger partial charge on any atom is 0.297 e. The zero-order valence-corrected chi connectivity index (χ0v) is 19.0. The Hall–Kier alpha value is -4.17. The lowest BCUT2D eigenvalue weighted by Gasteiger charge is -2.07. The van der Waals surface area contributed by atoms with Crippen LogP contribution in [0.2, 0.25) is 0 Å². The first-order valence-corrected chi connectivity index (χ1v) is 11.3. The van der Waals surface area contributed by atoms with Gasteiger partial charge in [-0.15, -0.1) is 11.3 Å². The maximum absolute atomic E-state index is 13.3. The molecule has 0 bridgehead atoms. The molecule has 3 heterocycles. The van der Waals surface area contributed by atoms with E-state index in [1.165, 1.54) is 11.3 Å². The number of thiazole rings is 1. The van der Waals surface area contributed by atoms with Gasteiger partial charge in [0.1, 0.15) is 0 Å². The highest BCUT2D eigenvalue weighted by atomic mass is 32.1. The average Bonchev–Trinajstić information content (AvgIpc) is 3.55. The van der Waals surface area contributed by atoms with E-state index in [1.54, 1.807) is 15.6 Å². The van der Waals surface area contributed by atoms with Gasteiger partial charge < -0.3 is 4.98 Å². The minimum absolute atomic E-state index is 0.171. The Labute approximate surface area is 194 Å². The Kier molecular flexibility index (Phi) is 5.50. The van der Waals surface area contributed by atoms with E-state index in [2.05, 4.69) is 10.1 Å². The van der Waals surface area contributed by atoms with Gasteiger partial charge in [0.2, 0.25) is 4.80 Å². The van der Waals surface area contributed by atoms with Crippen molar-refractivity contribution in [1.29, 1.82) is 0 Å². The second-order valence-corrected chi connectivity index (χ2v) is 8.31. The topological polar surface area (TPSA) is 72.4 Å². The van der Waals surface area contributed by atoms with E-state index < -0.39 is 0 Å². The highest BCUT2D eigenvalue weighted by Crippen LogP contribution is 2.21. The van der Waals surface area contributed by atoms with E-state index in [0.717, 1.165) is 28.3 Å². The standard InChI is InChI=1S/C25H22N6OS/c1-18-23(24(32)31(29(18)2)21-13-7-4-8-14-21)28-25-30(27-16-20-12-9-15-26-20)22(17-33-25)19-10-5-3-6-11-19/h3-17,26H,1-2H3. The summed E-state index contributed by atoms with van der Waals surface area (Å²) in [7, 11) is 1.87. The first-order chi connectivity index (χ1) is 16.1. The van der Waals surface area contributed by atoms with Crippen LogP contribution in [-0.4, -0.2) is 25.2 Å². The van der Waals surface area contributed by atoms with Gasteiger partial charge in [0, 0.05) is 24.2 Å². The molecule has 164 valence electrons. The van der Waals surface area contributed by atoms with Crippen LogP contribution in [0.3, 0.4) is 0 Å². The largest absolute Gasteiger partial charge is 0.360 e. The lowest BCUT2D eigenvalue weighted by molar-refractivity contribution is 0.630. The molecule has 0 saturated carbocycles. The van der Waals surface area contributed by atoms with E-state index in [9.17, 15) is 4.79 Å². The van der Waals surface area contributed by atoms with Crippen LogP contribution in [0.15, 0.2) is 99.3 Å². The van der Waals surface area contributed by atoms with E-state index in [0.29, 0.717) is 10.5 Å². The van der Waals surface area contributed by atoms with Crippen molar-refractivity contribution in [3.8, 4) is 16.9 Å². The monoisotopic (exact) mass is 454 g/mol. The van der Waals surface area contributed by atoms with Crippen LogP contribution in [0, 0.1) is 6.92 Å². The molecule has 7 nitrogen and oxygen atoms in total. The predicted octanol–water partition coefficient (Wildman–Crippen LogP) is 4.46. The van der Waals surface area contributed by atoms with E-state index in [4.69, 9.17) is 4.99 Å². The van der Waals surface area contributed by atoms with E-state index in [-0.39, 0.29) is 5.56 Å². The first-order valence-electron chi connectivity index (χ1n) is 10.5. The molecule has 0 aliphatic carbocycles. The molecule has 0 atom stereocenters. The predicted molar refractivity (Wildman–Crippen MR) is 132 cm³/mol. The summed E-state index contributed by atoms with van der Waals surface area (Å²) in [4.78, 5) is 21.9. The molecule has 0 unspecified atom stereocenters. The van der Waals surface area contributed by atoms with Gasteiger partial charge >= 0.3 is 0 Å². The van der Waals surface area contributed by atoms with E-state index >= 15 is 0 Å². The normalized spacial score (nSPS) is 12.1. The highest BCUT2D eigenvalue weighted by Gasteiger charge is 2.16. The van der Waals surface area contributed by atoms with Crippen LogP contribution in [-0.2, 0) is 7.05 Å². The molecule has 1 N–H and O–H groups in total. The minimum atomic E-state index is -0.171. The molecule has 2 aromatic carbocycles. The fraction of sp³-hybridized carbons (Fsp3) is 0.0800. The summed E-state index contributed by atoms with van der Waals surface area (Å²) in [5.41, 5.74) is 4.59. The molecule has 0 aliphatic rings. The number of rotatable bonds is 5. The van der Waals surface area contributed by atoms with Crippen molar-refractivity contribution < 1.29 is 0 Å². The molecule has 0 spiro atoms. The summed E-state index contributed by atoms with van der Waals surface area (Å²) in [6, 6.07) is 23.4. The summed E-state index contributed by atoms with van der Waals surface area (Å²) >= 11 is 1.45. The van der Waals surface area contributed by atoms with Gasteiger partial charge in [-0.25, -0.2) is 14.4 Å². The van der Waals surface area contributed by atoms with Crippen LogP contribution in [0.25, 0.3) is 16.9 Å². The zero-order valence-electron chi connectivity index (χ0n) is 18.2. The number of benzene rings is 2. The third-order valence-electron chi connectivity index (χ3n) is 5.42. The molecule has 33 heavy (non-hydrogen) atoms. The van der Waals surface area contributed by atoms with Crippen molar-refractivity contribution in [2.45, 2.75) is 6.92 Å². The molecule has 0 saturated heterocycles. The van der Waals surface area contributed by atoms with Gasteiger partial charge in [-0.3, -0.25) is 9.48 Å². The summed E-state index contributed by atoms with van der Waals surface area (Å²) in [5.74, 6) is 0. The molecular weight excluding hydrogens is 432 g/mol. The Bertz CT molecular complexity index is 1530. The van der Waals surface area contributed by atoms with E-state index in [1.807, 2.05) is 103 Å². The van der Waals surface area contributed by atoms with Gasteiger partial charge in [0.25, 0.3) is 5.56 Å². The number of H-pyrrole nitrogens is 1. The van der Waals surface area contributed by atoms with Crippen LogP contribution < -0.4 is 10.4 Å². The maximum atomic E-state index is 13.3. The minimum Gasteiger partial charge on any atom is -0.360 e. The van der Waals surface area contributed by atoms with Gasteiger partial charge in [-0.1, -0.05) is 48.5 Å². The Balaban J connectivity index is 1.70. The number of aromatic nitrogens is 4. The van der Waals surface area contributed by atoms with Crippen LogP contribution in [0.1, 0.15) is 11.4 Å². The Morgan fingerprint density at radius 1 is 0.970 bits per heavy atom. The number of para-hydroxylation sites is 1. The molecule has 5 aromatic rings. The van der Waals surface area contributed by atoms with Crippen molar-refractivity contribution in [2.24, 2.45) is 17.1 Å². The van der Waals surface area contributed by atoms with Crippen molar-refractivity contribution in [3.63, 3.8) is 0 Å². The smallest absolute Gasteiger partial charge is 0.297 e. The summed E-state index contributed by atoms with van der Waals surface area (Å²) < 4.78 is 5.24. The molecule has 8 heteroatoms. The molecular formula is C25H22N6OS. The molecule has 0 radical (unpaired) electrons. The van der Waals surface area contributed by atoms with Crippen molar-refractivity contribution in [3.05, 3.63) is 111 Å². The summed E-state index contributed by atoms with van der Waals surface area (Å²) in [6.07, 6.45) is 3.60. The van der Waals surface area contributed by atoms with Gasteiger partial charge in [-0.05, 0) is 31.2 Å². The fourth-order valence-corrected chi connectivity index (χ4v) is 4.46. The summed E-state index contributed by atoms with van der Waals surface area (Å²) in [6.45, 7) is 1.90. The number of aromatic amines is 1.